The van der Waals surface area contributed by atoms with Crippen molar-refractivity contribution in [2.45, 2.75) is 19.0 Å². The van der Waals surface area contributed by atoms with Gasteiger partial charge in [0.15, 0.2) is 5.16 Å². The van der Waals surface area contributed by atoms with Crippen LogP contribution in [-0.2, 0) is 4.79 Å². The summed E-state index contributed by atoms with van der Waals surface area (Å²) in [6.07, 6.45) is 3.76. The molecule has 1 fully saturated rings. The lowest BCUT2D eigenvalue weighted by Crippen LogP contribution is -2.47. The minimum atomic E-state index is 0.198. The number of hydrogen-bond donors (Lipinski definition) is 0. The first-order valence-electron chi connectivity index (χ1n) is 8.24. The fraction of sp³-hybridized carbons (Fsp3) is 0.444. The third-order valence-corrected chi connectivity index (χ3v) is 5.36. The average Bonchev–Trinajstić information content (AvgIpc) is 3.04. The summed E-state index contributed by atoms with van der Waals surface area (Å²) in [4.78, 5) is 21.1. The van der Waals surface area contributed by atoms with Gasteiger partial charge in [-0.05, 0) is 38.1 Å². The van der Waals surface area contributed by atoms with Gasteiger partial charge in [0.25, 0.3) is 0 Å². The molecule has 2 heterocycles. The van der Waals surface area contributed by atoms with Crippen molar-refractivity contribution in [1.82, 2.24) is 19.4 Å². The Balaban J connectivity index is 1.68. The topological polar surface area (TPSA) is 41.4 Å². The van der Waals surface area contributed by atoms with Gasteiger partial charge in [-0.25, -0.2) is 4.98 Å². The maximum atomic E-state index is 12.4. The number of carbonyl (C=O) groups excluding carboxylic acids is 1. The highest BCUT2D eigenvalue weighted by atomic mass is 32.2. The molecular formula is C18H24N4OS. The van der Waals surface area contributed by atoms with Gasteiger partial charge in [-0.15, -0.1) is 0 Å². The highest BCUT2D eigenvalue weighted by Gasteiger charge is 2.20. The van der Waals surface area contributed by atoms with Gasteiger partial charge in [0, 0.05) is 38.6 Å². The number of thioether (sulfide) groups is 1. The number of carbonyl (C=O) groups is 1. The molecule has 1 aliphatic heterocycles. The standard InChI is InChI=1S/C18H24N4OS/c1-14-4-5-15(2)16(12-14)22-7-6-19-18(22)24-13-17(23)21-10-8-20(3)9-11-21/h4-7,12H,8-11,13H2,1-3H3. The summed E-state index contributed by atoms with van der Waals surface area (Å²) in [5.74, 6) is 0.634. The molecule has 0 saturated carbocycles. The Labute approximate surface area is 147 Å². The van der Waals surface area contributed by atoms with Crippen molar-refractivity contribution < 1.29 is 4.79 Å². The van der Waals surface area contributed by atoms with Crippen LogP contribution in [0.15, 0.2) is 35.7 Å². The van der Waals surface area contributed by atoms with Gasteiger partial charge in [0.05, 0.1) is 11.4 Å². The van der Waals surface area contributed by atoms with Crippen molar-refractivity contribution in [3.05, 3.63) is 41.7 Å². The third kappa shape index (κ3) is 3.82. The molecule has 1 aromatic heterocycles. The molecule has 0 radical (unpaired) electrons. The van der Waals surface area contributed by atoms with E-state index in [0.717, 1.165) is 37.0 Å². The van der Waals surface area contributed by atoms with E-state index in [1.54, 1.807) is 6.20 Å². The summed E-state index contributed by atoms with van der Waals surface area (Å²) < 4.78 is 2.07. The fourth-order valence-electron chi connectivity index (χ4n) is 2.83. The Morgan fingerprint density at radius 1 is 1.21 bits per heavy atom. The number of imidazole rings is 1. The van der Waals surface area contributed by atoms with E-state index in [1.807, 2.05) is 11.1 Å². The Bertz CT molecular complexity index is 720. The molecule has 0 N–H and O–H groups in total. The molecule has 0 atom stereocenters. The van der Waals surface area contributed by atoms with Crippen molar-refractivity contribution in [3.8, 4) is 5.69 Å². The first-order chi connectivity index (χ1) is 11.5. The molecule has 0 aliphatic carbocycles. The molecular weight excluding hydrogens is 320 g/mol. The lowest BCUT2D eigenvalue weighted by Gasteiger charge is -2.32. The predicted molar refractivity (Wildman–Crippen MR) is 97.8 cm³/mol. The summed E-state index contributed by atoms with van der Waals surface area (Å²) >= 11 is 1.51. The Morgan fingerprint density at radius 2 is 1.96 bits per heavy atom. The summed E-state index contributed by atoms with van der Waals surface area (Å²) in [5.41, 5.74) is 3.54. The SMILES string of the molecule is Cc1ccc(C)c(-n2ccnc2SCC(=O)N2CCN(C)CC2)c1. The molecule has 0 bridgehead atoms. The van der Waals surface area contributed by atoms with Gasteiger partial charge in [-0.1, -0.05) is 23.9 Å². The minimum Gasteiger partial charge on any atom is -0.339 e. The molecule has 0 unspecified atom stereocenters. The lowest BCUT2D eigenvalue weighted by atomic mass is 10.1. The van der Waals surface area contributed by atoms with Crippen molar-refractivity contribution in [1.29, 1.82) is 0 Å². The summed E-state index contributed by atoms with van der Waals surface area (Å²) in [5, 5.41) is 0.867. The van der Waals surface area contributed by atoms with Crippen LogP contribution in [0, 0.1) is 13.8 Å². The minimum absolute atomic E-state index is 0.198. The summed E-state index contributed by atoms with van der Waals surface area (Å²) in [7, 11) is 2.09. The number of likely N-dealkylation sites (N-methyl/N-ethyl adjacent to an activating group) is 1. The molecule has 0 spiro atoms. The van der Waals surface area contributed by atoms with Crippen LogP contribution in [0.4, 0.5) is 0 Å². The number of rotatable bonds is 4. The molecule has 24 heavy (non-hydrogen) atoms. The summed E-state index contributed by atoms with van der Waals surface area (Å²) in [6, 6.07) is 6.39. The van der Waals surface area contributed by atoms with Crippen LogP contribution in [0.3, 0.4) is 0 Å². The molecule has 1 aliphatic rings. The second kappa shape index (κ2) is 7.40. The van der Waals surface area contributed by atoms with Crippen LogP contribution in [0.2, 0.25) is 0 Å². The van der Waals surface area contributed by atoms with E-state index in [9.17, 15) is 4.79 Å². The molecule has 5 nitrogen and oxygen atoms in total. The molecule has 128 valence electrons. The average molecular weight is 344 g/mol. The fourth-order valence-corrected chi connectivity index (χ4v) is 3.70. The van der Waals surface area contributed by atoms with E-state index in [1.165, 1.54) is 22.9 Å². The zero-order valence-electron chi connectivity index (χ0n) is 14.5. The first-order valence-corrected chi connectivity index (χ1v) is 9.23. The Hall–Kier alpha value is -1.79. The van der Waals surface area contributed by atoms with Crippen LogP contribution in [0.1, 0.15) is 11.1 Å². The van der Waals surface area contributed by atoms with Crippen LogP contribution in [0.5, 0.6) is 0 Å². The van der Waals surface area contributed by atoms with Crippen LogP contribution >= 0.6 is 11.8 Å². The maximum absolute atomic E-state index is 12.4. The second-order valence-corrected chi connectivity index (χ2v) is 7.28. The van der Waals surface area contributed by atoms with Gasteiger partial charge in [0.1, 0.15) is 0 Å². The zero-order valence-corrected chi connectivity index (χ0v) is 15.3. The number of aryl methyl sites for hydroxylation is 2. The van der Waals surface area contributed by atoms with Gasteiger partial charge >= 0.3 is 0 Å². The molecule has 3 rings (SSSR count). The van der Waals surface area contributed by atoms with E-state index < -0.39 is 0 Å². The van der Waals surface area contributed by atoms with E-state index in [-0.39, 0.29) is 5.91 Å². The van der Waals surface area contributed by atoms with Crippen LogP contribution in [0.25, 0.3) is 5.69 Å². The van der Waals surface area contributed by atoms with Gasteiger partial charge in [-0.3, -0.25) is 9.36 Å². The lowest BCUT2D eigenvalue weighted by molar-refractivity contribution is -0.129. The smallest absolute Gasteiger partial charge is 0.233 e. The van der Waals surface area contributed by atoms with Crippen molar-refractivity contribution in [2.24, 2.45) is 0 Å². The van der Waals surface area contributed by atoms with Gasteiger partial charge in [0.2, 0.25) is 5.91 Å². The number of nitrogens with zero attached hydrogens (tertiary/aromatic N) is 4. The van der Waals surface area contributed by atoms with E-state index in [2.05, 4.69) is 53.5 Å². The van der Waals surface area contributed by atoms with Crippen LogP contribution in [-0.4, -0.2) is 64.2 Å². The van der Waals surface area contributed by atoms with E-state index >= 15 is 0 Å². The normalized spacial score (nSPS) is 15.7. The molecule has 2 aromatic rings. The quantitative estimate of drug-likeness (QED) is 0.799. The van der Waals surface area contributed by atoms with Crippen molar-refractivity contribution in [2.75, 3.05) is 39.0 Å². The number of aromatic nitrogens is 2. The van der Waals surface area contributed by atoms with Crippen LogP contribution < -0.4 is 0 Å². The van der Waals surface area contributed by atoms with Crippen molar-refractivity contribution in [3.63, 3.8) is 0 Å². The third-order valence-electron chi connectivity index (χ3n) is 4.41. The van der Waals surface area contributed by atoms with E-state index in [0.29, 0.717) is 5.75 Å². The largest absolute Gasteiger partial charge is 0.339 e. The first kappa shape index (κ1) is 17.0. The Kier molecular flexibility index (Phi) is 5.26. The van der Waals surface area contributed by atoms with E-state index in [4.69, 9.17) is 0 Å². The number of piperazine rings is 1. The van der Waals surface area contributed by atoms with Gasteiger partial charge < -0.3 is 9.80 Å². The maximum Gasteiger partial charge on any atom is 0.233 e. The number of benzene rings is 1. The van der Waals surface area contributed by atoms with Gasteiger partial charge in [-0.2, -0.15) is 0 Å². The monoisotopic (exact) mass is 344 g/mol. The molecule has 6 heteroatoms. The highest BCUT2D eigenvalue weighted by Crippen LogP contribution is 2.24. The molecule has 1 aromatic carbocycles. The highest BCUT2D eigenvalue weighted by molar-refractivity contribution is 7.99. The number of hydrogen-bond acceptors (Lipinski definition) is 4. The van der Waals surface area contributed by atoms with Crippen molar-refractivity contribution >= 4 is 17.7 Å². The Morgan fingerprint density at radius 3 is 2.71 bits per heavy atom. The molecule has 1 saturated heterocycles. The second-order valence-electron chi connectivity index (χ2n) is 6.34. The number of amides is 1. The zero-order chi connectivity index (χ0) is 17.1. The molecule has 1 amide bonds. The predicted octanol–water partition coefficient (Wildman–Crippen LogP) is 2.36. The summed E-state index contributed by atoms with van der Waals surface area (Å²) in [6.45, 7) is 7.73.